The van der Waals surface area contributed by atoms with Gasteiger partial charge < -0.3 is 14.9 Å². The molecule has 5 atom stereocenters. The molecule has 20 heavy (non-hydrogen) atoms. The fourth-order valence-electron chi connectivity index (χ4n) is 3.09. The molecule has 1 aromatic carbocycles. The lowest BCUT2D eigenvalue weighted by Gasteiger charge is -2.33. The molecule has 2 N–H and O–H groups in total. The molecule has 1 aliphatic heterocycles. The van der Waals surface area contributed by atoms with E-state index in [0.717, 1.165) is 12.0 Å². The van der Waals surface area contributed by atoms with Crippen LogP contribution in [-0.2, 0) is 16.2 Å². The number of hydroxylamine groups is 2. The molecular formula is C15H21NO4. The molecule has 1 saturated heterocycles. The Kier molecular flexibility index (Phi) is 4.05. The fraction of sp³-hybridized carbons (Fsp3) is 0.600. The number of hydrogen-bond donors (Lipinski definition) is 2. The van der Waals surface area contributed by atoms with Crippen molar-refractivity contribution < 1.29 is 19.8 Å². The second-order valence-electron chi connectivity index (χ2n) is 5.63. The van der Waals surface area contributed by atoms with Crippen LogP contribution in [0.3, 0.4) is 0 Å². The number of aliphatic hydroxyl groups is 2. The van der Waals surface area contributed by atoms with Gasteiger partial charge in [0.2, 0.25) is 0 Å². The van der Waals surface area contributed by atoms with Crippen LogP contribution in [0.15, 0.2) is 30.3 Å². The topological polar surface area (TPSA) is 62.2 Å². The summed E-state index contributed by atoms with van der Waals surface area (Å²) in [6, 6.07) is 9.82. The van der Waals surface area contributed by atoms with Crippen molar-refractivity contribution in [2.45, 2.75) is 49.9 Å². The van der Waals surface area contributed by atoms with Gasteiger partial charge in [0.1, 0.15) is 12.2 Å². The highest BCUT2D eigenvalue weighted by Gasteiger charge is 2.46. The molecule has 2 bridgehead atoms. The van der Waals surface area contributed by atoms with Gasteiger partial charge in [0.15, 0.2) is 0 Å². The Morgan fingerprint density at radius 3 is 2.75 bits per heavy atom. The van der Waals surface area contributed by atoms with Crippen LogP contribution in [-0.4, -0.2) is 52.8 Å². The van der Waals surface area contributed by atoms with Crippen LogP contribution < -0.4 is 0 Å². The Bertz CT molecular complexity index is 441. The first-order valence-corrected chi connectivity index (χ1v) is 7.06. The molecule has 110 valence electrons. The van der Waals surface area contributed by atoms with Gasteiger partial charge in [-0.15, -0.1) is 0 Å². The van der Waals surface area contributed by atoms with Crippen molar-refractivity contribution in [3.63, 3.8) is 0 Å². The summed E-state index contributed by atoms with van der Waals surface area (Å²) < 4.78 is 5.90. The van der Waals surface area contributed by atoms with Crippen LogP contribution in [0, 0.1) is 0 Å². The third-order valence-corrected chi connectivity index (χ3v) is 4.19. The minimum absolute atomic E-state index is 0.0177. The van der Waals surface area contributed by atoms with E-state index in [4.69, 9.17) is 9.57 Å². The Labute approximate surface area is 118 Å². The third kappa shape index (κ3) is 2.73. The van der Waals surface area contributed by atoms with E-state index < -0.39 is 18.3 Å². The van der Waals surface area contributed by atoms with Gasteiger partial charge >= 0.3 is 0 Å². The Morgan fingerprint density at radius 2 is 2.00 bits per heavy atom. The molecule has 0 spiro atoms. The van der Waals surface area contributed by atoms with E-state index in [1.54, 1.807) is 5.06 Å². The Hall–Kier alpha value is -0.980. The van der Waals surface area contributed by atoms with Crippen LogP contribution in [0.5, 0.6) is 0 Å². The summed E-state index contributed by atoms with van der Waals surface area (Å²) in [6.07, 6.45) is -0.903. The summed E-state index contributed by atoms with van der Waals surface area (Å²) in [5.74, 6) is 0. The maximum atomic E-state index is 10.3. The quantitative estimate of drug-likeness (QED) is 0.853. The van der Waals surface area contributed by atoms with Gasteiger partial charge in [-0.1, -0.05) is 30.3 Å². The minimum atomic E-state index is -0.875. The number of ether oxygens (including phenoxy) is 1. The zero-order valence-corrected chi connectivity index (χ0v) is 11.6. The third-order valence-electron chi connectivity index (χ3n) is 4.19. The lowest BCUT2D eigenvalue weighted by atomic mass is 10.0. The van der Waals surface area contributed by atoms with Crippen molar-refractivity contribution in [3.8, 4) is 0 Å². The van der Waals surface area contributed by atoms with Crippen molar-refractivity contribution >= 4 is 0 Å². The molecule has 0 unspecified atom stereocenters. The maximum absolute atomic E-state index is 10.3. The molecule has 0 aromatic heterocycles. The van der Waals surface area contributed by atoms with Gasteiger partial charge in [-0.05, 0) is 12.0 Å². The molecule has 3 rings (SSSR count). The summed E-state index contributed by atoms with van der Waals surface area (Å²) in [5.41, 5.74) is 1.05. The van der Waals surface area contributed by atoms with Gasteiger partial charge in [-0.3, -0.25) is 4.84 Å². The SMILES string of the molecule is CN1O[C@H]2C[C@@H](O)[C@H](O)[C@H](OCc3ccccc3)[C@@H]1C2. The van der Waals surface area contributed by atoms with Crippen molar-refractivity contribution in [2.24, 2.45) is 0 Å². The van der Waals surface area contributed by atoms with Crippen LogP contribution in [0.2, 0.25) is 0 Å². The highest BCUT2D eigenvalue weighted by atomic mass is 16.7. The highest BCUT2D eigenvalue weighted by molar-refractivity contribution is 5.13. The van der Waals surface area contributed by atoms with Gasteiger partial charge in [0.05, 0.1) is 24.9 Å². The number of hydrogen-bond acceptors (Lipinski definition) is 5. The number of nitrogens with zero attached hydrogens (tertiary/aromatic N) is 1. The van der Waals surface area contributed by atoms with Crippen LogP contribution in [0.1, 0.15) is 18.4 Å². The predicted molar refractivity (Wildman–Crippen MR) is 72.7 cm³/mol. The molecule has 1 aromatic rings. The lowest BCUT2D eigenvalue weighted by molar-refractivity contribution is -0.210. The van der Waals surface area contributed by atoms with Crippen LogP contribution in [0.4, 0.5) is 0 Å². The van der Waals surface area contributed by atoms with Gasteiger partial charge in [-0.25, -0.2) is 0 Å². The van der Waals surface area contributed by atoms with E-state index in [-0.39, 0.29) is 12.1 Å². The molecule has 5 nitrogen and oxygen atoms in total. The number of fused-ring (bicyclic) bond motifs is 2. The van der Waals surface area contributed by atoms with Crippen molar-refractivity contribution in [1.82, 2.24) is 5.06 Å². The van der Waals surface area contributed by atoms with Gasteiger partial charge in [-0.2, -0.15) is 5.06 Å². The molecule has 1 saturated carbocycles. The normalized spacial score (nSPS) is 37.9. The molecule has 2 fully saturated rings. The molecule has 5 heteroatoms. The number of aliphatic hydroxyl groups excluding tert-OH is 2. The van der Waals surface area contributed by atoms with Crippen LogP contribution >= 0.6 is 0 Å². The van der Waals surface area contributed by atoms with E-state index in [2.05, 4.69) is 0 Å². The van der Waals surface area contributed by atoms with E-state index >= 15 is 0 Å². The predicted octanol–water partition coefficient (Wildman–Crippen LogP) is 0.702. The zero-order valence-electron chi connectivity index (χ0n) is 11.6. The van der Waals surface area contributed by atoms with Crippen molar-refractivity contribution in [2.75, 3.05) is 7.05 Å². The summed E-state index contributed by atoms with van der Waals surface area (Å²) in [7, 11) is 1.86. The number of benzene rings is 1. The summed E-state index contributed by atoms with van der Waals surface area (Å²) >= 11 is 0. The van der Waals surface area contributed by atoms with E-state index in [1.165, 1.54) is 0 Å². The second kappa shape index (κ2) is 5.79. The first-order chi connectivity index (χ1) is 9.65. The molecule has 2 aliphatic rings. The maximum Gasteiger partial charge on any atom is 0.108 e. The van der Waals surface area contributed by atoms with E-state index in [9.17, 15) is 10.2 Å². The summed E-state index contributed by atoms with van der Waals surface area (Å²) in [6.45, 7) is 0.421. The Balaban J connectivity index is 1.71. The van der Waals surface area contributed by atoms with Crippen molar-refractivity contribution in [1.29, 1.82) is 0 Å². The first kappa shape index (κ1) is 14.0. The summed E-state index contributed by atoms with van der Waals surface area (Å²) in [4.78, 5) is 5.65. The van der Waals surface area contributed by atoms with Gasteiger partial charge in [0.25, 0.3) is 0 Å². The zero-order chi connectivity index (χ0) is 14.1. The van der Waals surface area contributed by atoms with Crippen molar-refractivity contribution in [3.05, 3.63) is 35.9 Å². The van der Waals surface area contributed by atoms with Gasteiger partial charge in [0, 0.05) is 13.5 Å². The monoisotopic (exact) mass is 279 g/mol. The number of likely N-dealkylation sites (N-methyl/N-ethyl adjacent to an activating group) is 1. The molecular weight excluding hydrogens is 258 g/mol. The fourth-order valence-corrected chi connectivity index (χ4v) is 3.09. The lowest BCUT2D eigenvalue weighted by Crippen LogP contribution is -2.49. The standard InChI is InChI=1S/C15H21NO4/c1-16-12-7-11(20-16)8-13(17)14(18)15(12)19-9-10-5-3-2-4-6-10/h2-6,11-15,17-18H,7-9H2,1H3/t11-,12+,13-,14+,15-/m1/s1. The summed E-state index contributed by atoms with van der Waals surface area (Å²) in [5, 5.41) is 22.0. The average molecular weight is 279 g/mol. The number of rotatable bonds is 3. The highest BCUT2D eigenvalue weighted by Crippen LogP contribution is 2.33. The van der Waals surface area contributed by atoms with Crippen LogP contribution in [0.25, 0.3) is 0 Å². The smallest absolute Gasteiger partial charge is 0.108 e. The Morgan fingerprint density at radius 1 is 1.25 bits per heavy atom. The molecule has 0 radical (unpaired) electrons. The molecule has 0 amide bonds. The largest absolute Gasteiger partial charge is 0.390 e. The van der Waals surface area contributed by atoms with E-state index in [1.807, 2.05) is 37.4 Å². The van der Waals surface area contributed by atoms with E-state index in [0.29, 0.717) is 13.0 Å². The first-order valence-electron chi connectivity index (χ1n) is 7.06. The average Bonchev–Trinajstić information content (AvgIpc) is 2.75. The molecule has 1 heterocycles. The second-order valence-corrected chi connectivity index (χ2v) is 5.63. The molecule has 1 aliphatic carbocycles. The minimum Gasteiger partial charge on any atom is -0.390 e.